The van der Waals surface area contributed by atoms with Crippen molar-refractivity contribution in [3.05, 3.63) is 107 Å². The zero-order chi connectivity index (χ0) is 23.5. The summed E-state index contributed by atoms with van der Waals surface area (Å²) >= 11 is 0. The first-order valence-electron chi connectivity index (χ1n) is 12.5. The lowest BCUT2D eigenvalue weighted by Gasteiger charge is -2.15. The molecular formula is C32H44. The lowest BCUT2D eigenvalue weighted by molar-refractivity contribution is 0.646. The summed E-state index contributed by atoms with van der Waals surface area (Å²) < 4.78 is 0. The summed E-state index contributed by atoms with van der Waals surface area (Å²) in [5.74, 6) is 2.66. The van der Waals surface area contributed by atoms with Gasteiger partial charge in [-0.15, -0.1) is 0 Å². The molecule has 0 spiro atoms. The minimum absolute atomic E-state index is 0.459. The van der Waals surface area contributed by atoms with E-state index in [1.807, 2.05) is 0 Å². The molecule has 0 heterocycles. The summed E-state index contributed by atoms with van der Waals surface area (Å²) in [6, 6.07) is 29.0. The smallest absolute Gasteiger partial charge is 0.00610 e. The molecule has 0 fully saturated rings. The molecule has 0 amide bonds. The molecule has 3 aromatic carbocycles. The Kier molecular flexibility index (Phi) is 10.7. The molecule has 0 aliphatic carbocycles. The van der Waals surface area contributed by atoms with Gasteiger partial charge in [0.2, 0.25) is 0 Å². The van der Waals surface area contributed by atoms with Gasteiger partial charge in [0.25, 0.3) is 0 Å². The van der Waals surface area contributed by atoms with Crippen LogP contribution in [0.3, 0.4) is 0 Å². The number of rotatable bonds is 8. The Labute approximate surface area is 198 Å². The molecule has 0 bridgehead atoms. The molecule has 0 aliphatic heterocycles. The highest BCUT2D eigenvalue weighted by atomic mass is 14.1. The van der Waals surface area contributed by atoms with E-state index in [2.05, 4.69) is 127 Å². The van der Waals surface area contributed by atoms with Gasteiger partial charge in [-0.25, -0.2) is 0 Å². The zero-order valence-corrected chi connectivity index (χ0v) is 21.4. The molecule has 0 radical (unpaired) electrons. The third-order valence-electron chi connectivity index (χ3n) is 5.73. The van der Waals surface area contributed by atoms with E-state index >= 15 is 0 Å². The normalized spacial score (nSPS) is 11.2. The third kappa shape index (κ3) is 9.43. The molecule has 0 saturated heterocycles. The number of hydrogen-bond acceptors (Lipinski definition) is 0. The second-order valence-electron chi connectivity index (χ2n) is 10.5. The van der Waals surface area contributed by atoms with E-state index in [-0.39, 0.29) is 0 Å². The molecule has 0 aliphatic rings. The van der Waals surface area contributed by atoms with Crippen LogP contribution in [0.5, 0.6) is 0 Å². The Morgan fingerprint density at radius 3 is 1.03 bits per heavy atom. The van der Waals surface area contributed by atoms with Crippen LogP contribution in [-0.2, 0) is 19.3 Å². The van der Waals surface area contributed by atoms with Crippen molar-refractivity contribution in [2.24, 2.45) is 17.8 Å². The highest BCUT2D eigenvalue weighted by molar-refractivity contribution is 5.35. The van der Waals surface area contributed by atoms with Crippen LogP contribution >= 0.6 is 0 Å². The number of hydrogen-bond donors (Lipinski definition) is 0. The molecule has 0 nitrogen and oxygen atoms in total. The van der Waals surface area contributed by atoms with Crippen molar-refractivity contribution in [3.8, 4) is 0 Å². The molecule has 32 heavy (non-hydrogen) atoms. The SMILES string of the molecule is CC(C)Cc1ccc(C(C)c2ccc(CC(C)C)cc2)cc1.CC(C)Cc1ccccc1. The molecular weight excluding hydrogens is 384 g/mol. The van der Waals surface area contributed by atoms with Crippen LogP contribution in [0.15, 0.2) is 78.9 Å². The van der Waals surface area contributed by atoms with E-state index < -0.39 is 0 Å². The zero-order valence-electron chi connectivity index (χ0n) is 21.4. The van der Waals surface area contributed by atoms with Gasteiger partial charge in [-0.05, 0) is 64.8 Å². The minimum Gasteiger partial charge on any atom is -0.0625 e. The Hall–Kier alpha value is -2.34. The van der Waals surface area contributed by atoms with E-state index in [0.717, 1.165) is 17.8 Å². The fourth-order valence-corrected chi connectivity index (χ4v) is 4.11. The van der Waals surface area contributed by atoms with E-state index in [4.69, 9.17) is 0 Å². The molecule has 3 aromatic rings. The lowest BCUT2D eigenvalue weighted by Crippen LogP contribution is -1.99. The van der Waals surface area contributed by atoms with Crippen LogP contribution in [0.4, 0.5) is 0 Å². The first kappa shape index (κ1) is 25.9. The van der Waals surface area contributed by atoms with Crippen LogP contribution in [0, 0.1) is 17.8 Å². The topological polar surface area (TPSA) is 0 Å². The van der Waals surface area contributed by atoms with Gasteiger partial charge in [0.05, 0.1) is 0 Å². The summed E-state index contributed by atoms with van der Waals surface area (Å²) in [5.41, 5.74) is 7.14. The van der Waals surface area contributed by atoms with Crippen molar-refractivity contribution in [1.29, 1.82) is 0 Å². The maximum Gasteiger partial charge on any atom is 0.00610 e. The molecule has 0 saturated carbocycles. The van der Waals surface area contributed by atoms with Crippen molar-refractivity contribution in [2.45, 2.75) is 73.6 Å². The largest absolute Gasteiger partial charge is 0.0625 e. The van der Waals surface area contributed by atoms with E-state index in [0.29, 0.717) is 5.92 Å². The van der Waals surface area contributed by atoms with Crippen LogP contribution in [0.1, 0.15) is 82.2 Å². The van der Waals surface area contributed by atoms with Gasteiger partial charge in [-0.3, -0.25) is 0 Å². The van der Waals surface area contributed by atoms with E-state index in [9.17, 15) is 0 Å². The maximum atomic E-state index is 2.30. The Morgan fingerprint density at radius 2 is 0.719 bits per heavy atom. The molecule has 0 unspecified atom stereocenters. The molecule has 0 atom stereocenters. The highest BCUT2D eigenvalue weighted by Crippen LogP contribution is 2.25. The maximum absolute atomic E-state index is 2.30. The second-order valence-corrected chi connectivity index (χ2v) is 10.5. The van der Waals surface area contributed by atoms with Crippen molar-refractivity contribution >= 4 is 0 Å². The fraction of sp³-hybridized carbons (Fsp3) is 0.438. The summed E-state index contributed by atoms with van der Waals surface area (Å²) in [4.78, 5) is 0. The van der Waals surface area contributed by atoms with Gasteiger partial charge < -0.3 is 0 Å². The van der Waals surface area contributed by atoms with Gasteiger partial charge in [0.15, 0.2) is 0 Å². The van der Waals surface area contributed by atoms with Crippen molar-refractivity contribution in [1.82, 2.24) is 0 Å². The third-order valence-corrected chi connectivity index (χ3v) is 5.73. The Balaban J connectivity index is 0.000000303. The van der Waals surface area contributed by atoms with Gasteiger partial charge in [0, 0.05) is 5.92 Å². The Bertz CT molecular complexity index is 814. The van der Waals surface area contributed by atoms with Crippen LogP contribution < -0.4 is 0 Å². The molecule has 0 heteroatoms. The van der Waals surface area contributed by atoms with Crippen molar-refractivity contribution < 1.29 is 0 Å². The van der Waals surface area contributed by atoms with E-state index in [1.54, 1.807) is 0 Å². The first-order valence-corrected chi connectivity index (χ1v) is 12.5. The van der Waals surface area contributed by atoms with Crippen molar-refractivity contribution in [3.63, 3.8) is 0 Å². The summed E-state index contributed by atoms with van der Waals surface area (Å²) in [6.07, 6.45) is 3.53. The van der Waals surface area contributed by atoms with Gasteiger partial charge >= 0.3 is 0 Å². The second kappa shape index (κ2) is 13.3. The lowest BCUT2D eigenvalue weighted by atomic mass is 9.90. The summed E-state index contributed by atoms with van der Waals surface area (Å²) in [6.45, 7) is 15.9. The standard InChI is InChI=1S/C22H30.C10H14/c1-16(2)14-19-6-10-21(11-7-19)18(5)22-12-8-20(9-13-22)15-17(3)4;1-9(2)8-10-6-4-3-5-7-10/h6-13,16-18H,14-15H2,1-5H3;3-7,9H,8H2,1-2H3. The molecule has 172 valence electrons. The quantitative estimate of drug-likeness (QED) is 0.335. The molecule has 0 N–H and O–H groups in total. The molecule has 0 aromatic heterocycles. The van der Waals surface area contributed by atoms with Crippen LogP contribution in [0.2, 0.25) is 0 Å². The van der Waals surface area contributed by atoms with Gasteiger partial charge in [0.1, 0.15) is 0 Å². The van der Waals surface area contributed by atoms with Gasteiger partial charge in [-0.1, -0.05) is 127 Å². The highest BCUT2D eigenvalue weighted by Gasteiger charge is 2.09. The molecule has 3 rings (SSSR count). The average Bonchev–Trinajstić information content (AvgIpc) is 2.74. The fourth-order valence-electron chi connectivity index (χ4n) is 4.11. The monoisotopic (exact) mass is 428 g/mol. The first-order chi connectivity index (χ1) is 15.2. The predicted molar refractivity (Wildman–Crippen MR) is 142 cm³/mol. The average molecular weight is 429 g/mol. The van der Waals surface area contributed by atoms with Crippen LogP contribution in [-0.4, -0.2) is 0 Å². The minimum atomic E-state index is 0.459. The summed E-state index contributed by atoms with van der Waals surface area (Å²) in [5, 5.41) is 0. The van der Waals surface area contributed by atoms with E-state index in [1.165, 1.54) is 47.1 Å². The summed E-state index contributed by atoms with van der Waals surface area (Å²) in [7, 11) is 0. The van der Waals surface area contributed by atoms with Gasteiger partial charge in [-0.2, -0.15) is 0 Å². The number of benzene rings is 3. The van der Waals surface area contributed by atoms with Crippen LogP contribution in [0.25, 0.3) is 0 Å². The Morgan fingerprint density at radius 1 is 0.406 bits per heavy atom. The van der Waals surface area contributed by atoms with Crippen molar-refractivity contribution in [2.75, 3.05) is 0 Å². The predicted octanol–water partition coefficient (Wildman–Crippen LogP) is 9.12.